The van der Waals surface area contributed by atoms with Gasteiger partial charge in [-0.05, 0) is 57.9 Å². The first-order valence-electron chi connectivity index (χ1n) is 7.28. The molecule has 23 heavy (non-hydrogen) atoms. The van der Waals surface area contributed by atoms with Crippen LogP contribution in [0.15, 0.2) is 22.6 Å². The molecule has 0 aliphatic carbocycles. The molecule has 1 aromatic carbocycles. The Kier molecular flexibility index (Phi) is 6.39. The molecule has 0 aliphatic heterocycles. The molecule has 3 nitrogen and oxygen atoms in total. The predicted octanol–water partition coefficient (Wildman–Crippen LogP) is 4.60. The Morgan fingerprint density at radius 3 is 2.30 bits per heavy atom. The normalized spacial score (nSPS) is 14.7. The lowest BCUT2D eigenvalue weighted by Gasteiger charge is -2.18. The predicted molar refractivity (Wildman–Crippen MR) is 87.5 cm³/mol. The van der Waals surface area contributed by atoms with Gasteiger partial charge in [-0.1, -0.05) is 6.92 Å². The van der Waals surface area contributed by atoms with E-state index in [0.29, 0.717) is 17.9 Å². The van der Waals surface area contributed by atoms with Crippen molar-refractivity contribution in [3.8, 4) is 5.75 Å². The fourth-order valence-electron chi connectivity index (χ4n) is 1.69. The van der Waals surface area contributed by atoms with Crippen molar-refractivity contribution in [1.82, 2.24) is 0 Å². The van der Waals surface area contributed by atoms with Gasteiger partial charge in [0.15, 0.2) is 5.71 Å². The van der Waals surface area contributed by atoms with Gasteiger partial charge in [0.05, 0.1) is 11.4 Å². The van der Waals surface area contributed by atoms with Crippen LogP contribution in [-0.4, -0.2) is 27.5 Å². The minimum absolute atomic E-state index is 0.0843. The van der Waals surface area contributed by atoms with Gasteiger partial charge in [0.2, 0.25) is 0 Å². The van der Waals surface area contributed by atoms with Crippen molar-refractivity contribution in [2.45, 2.75) is 52.0 Å². The van der Waals surface area contributed by atoms with Gasteiger partial charge in [0.25, 0.3) is 0 Å². The molecule has 7 heteroatoms. The molecule has 0 saturated carbocycles. The van der Waals surface area contributed by atoms with Crippen molar-refractivity contribution in [2.75, 3.05) is 6.61 Å². The molecule has 0 bridgehead atoms. The van der Waals surface area contributed by atoms with Crippen molar-refractivity contribution in [3.63, 3.8) is 0 Å². The molecule has 1 atom stereocenters. The number of alkyl halides is 3. The van der Waals surface area contributed by atoms with Gasteiger partial charge in [-0.3, -0.25) is 0 Å². The summed E-state index contributed by atoms with van der Waals surface area (Å²) in [5.41, 5.74) is -0.829. The zero-order valence-electron chi connectivity index (χ0n) is 14.0. The number of halogens is 3. The van der Waals surface area contributed by atoms with E-state index in [1.54, 1.807) is 27.7 Å². The topological polar surface area (TPSA) is 38.7 Å². The molecule has 1 aromatic rings. The summed E-state index contributed by atoms with van der Waals surface area (Å²) < 4.78 is 60.0. The first kappa shape index (κ1) is 19.7. The molecule has 0 spiro atoms. The van der Waals surface area contributed by atoms with Crippen LogP contribution in [0.1, 0.15) is 45.2 Å². The second-order valence-corrected chi connectivity index (χ2v) is 8.03. The molecule has 0 saturated heterocycles. The lowest BCUT2D eigenvalue weighted by atomic mass is 10.0. The highest BCUT2D eigenvalue weighted by Crippen LogP contribution is 2.28. The van der Waals surface area contributed by atoms with Gasteiger partial charge in [-0.15, -0.1) is 0 Å². The molecule has 1 rings (SSSR count). The van der Waals surface area contributed by atoms with Gasteiger partial charge < -0.3 is 4.74 Å². The summed E-state index contributed by atoms with van der Waals surface area (Å²) in [6.45, 7) is 8.72. The number of nitrogens with zero attached hydrogens (tertiary/aromatic N) is 1. The lowest BCUT2D eigenvalue weighted by molar-refractivity contribution is -0.0578. The Balaban J connectivity index is 3.30. The highest BCUT2D eigenvalue weighted by atomic mass is 32.2. The molecule has 0 amide bonds. The highest BCUT2D eigenvalue weighted by molar-refractivity contribution is 7.85. The summed E-state index contributed by atoms with van der Waals surface area (Å²) >= 11 is 0. The first-order valence-corrected chi connectivity index (χ1v) is 8.39. The molecular formula is C16H22F3NO2S. The molecule has 130 valence electrons. The van der Waals surface area contributed by atoms with Crippen molar-refractivity contribution >= 4 is 16.7 Å². The van der Waals surface area contributed by atoms with Crippen LogP contribution < -0.4 is 4.74 Å². The van der Waals surface area contributed by atoms with Crippen molar-refractivity contribution in [2.24, 2.45) is 4.40 Å². The van der Waals surface area contributed by atoms with Gasteiger partial charge in [0, 0.05) is 5.56 Å². The summed E-state index contributed by atoms with van der Waals surface area (Å²) in [6.07, 6.45) is -3.88. The highest BCUT2D eigenvalue weighted by Gasteiger charge is 2.39. The zero-order chi connectivity index (χ0) is 17.8. The van der Waals surface area contributed by atoms with E-state index in [1.165, 1.54) is 18.2 Å². The number of hydrogen-bond donors (Lipinski definition) is 0. The van der Waals surface area contributed by atoms with Gasteiger partial charge in [-0.25, -0.2) is 4.21 Å². The Morgan fingerprint density at radius 1 is 1.26 bits per heavy atom. The maximum absolute atomic E-state index is 13.3. The Labute approximate surface area is 137 Å². The fraction of sp³-hybridized carbons (Fsp3) is 0.562. The van der Waals surface area contributed by atoms with E-state index >= 15 is 0 Å². The number of benzene rings is 1. The van der Waals surface area contributed by atoms with Crippen LogP contribution in [-0.2, 0) is 11.0 Å². The lowest BCUT2D eigenvalue weighted by Crippen LogP contribution is -2.28. The van der Waals surface area contributed by atoms with Gasteiger partial charge in [0.1, 0.15) is 16.7 Å². The molecule has 0 unspecified atom stereocenters. The minimum Gasteiger partial charge on any atom is -0.494 e. The number of rotatable bonds is 5. The maximum atomic E-state index is 13.3. The van der Waals surface area contributed by atoms with E-state index in [4.69, 9.17) is 4.74 Å². The molecule has 0 aromatic heterocycles. The summed E-state index contributed by atoms with van der Waals surface area (Å²) in [4.78, 5) is 0. The van der Waals surface area contributed by atoms with Crippen LogP contribution in [0, 0.1) is 6.92 Å². The van der Waals surface area contributed by atoms with Crippen molar-refractivity contribution in [1.29, 1.82) is 0 Å². The quantitative estimate of drug-likeness (QED) is 0.729. The van der Waals surface area contributed by atoms with Gasteiger partial charge in [-0.2, -0.15) is 17.6 Å². The van der Waals surface area contributed by atoms with Crippen LogP contribution in [0.25, 0.3) is 0 Å². The van der Waals surface area contributed by atoms with Crippen molar-refractivity contribution in [3.05, 3.63) is 29.3 Å². The third kappa shape index (κ3) is 5.64. The smallest absolute Gasteiger partial charge is 0.434 e. The van der Waals surface area contributed by atoms with E-state index < -0.39 is 27.6 Å². The average Bonchev–Trinajstić information content (AvgIpc) is 2.40. The van der Waals surface area contributed by atoms with Gasteiger partial charge >= 0.3 is 6.18 Å². The summed E-state index contributed by atoms with van der Waals surface area (Å²) in [5.74, 6) is 0.506. The van der Waals surface area contributed by atoms with E-state index in [2.05, 4.69) is 4.40 Å². The standard InChI is InChI=1S/C16H22F3NO2S/c1-6-9-22-12-7-8-13(11(2)10-12)14(16(17,18)19)20-23(21)15(3,4)5/h7-8,10H,6,9H2,1-5H3/t23-/m0/s1. The molecule has 0 N–H and O–H groups in total. The summed E-state index contributed by atoms with van der Waals surface area (Å²) in [6, 6.07) is 4.32. The number of hydrogen-bond acceptors (Lipinski definition) is 2. The zero-order valence-corrected chi connectivity index (χ0v) is 14.8. The first-order chi connectivity index (χ1) is 10.5. The molecule has 0 fully saturated rings. The van der Waals surface area contributed by atoms with Crippen LogP contribution >= 0.6 is 0 Å². The number of aryl methyl sites for hydroxylation is 1. The monoisotopic (exact) mass is 349 g/mol. The molecular weight excluding hydrogens is 327 g/mol. The summed E-state index contributed by atoms with van der Waals surface area (Å²) in [5, 5.41) is 0. The minimum atomic E-state index is -4.68. The second kappa shape index (κ2) is 7.47. The third-order valence-corrected chi connectivity index (χ3v) is 4.29. The Morgan fingerprint density at radius 2 is 1.87 bits per heavy atom. The number of ether oxygens (including phenoxy) is 1. The molecule has 0 radical (unpaired) electrons. The van der Waals surface area contributed by atoms with Crippen LogP contribution in [0.2, 0.25) is 0 Å². The fourth-order valence-corrected chi connectivity index (χ4v) is 2.33. The SMILES string of the molecule is CCCOc1ccc(C(=N[S@@](=O)C(C)(C)C)C(F)(F)F)c(C)c1. The Hall–Kier alpha value is -1.37. The van der Waals surface area contributed by atoms with E-state index in [9.17, 15) is 17.4 Å². The van der Waals surface area contributed by atoms with Crippen molar-refractivity contribution < 1.29 is 22.1 Å². The van der Waals surface area contributed by atoms with Crippen LogP contribution in [0.3, 0.4) is 0 Å². The molecule has 0 heterocycles. The van der Waals surface area contributed by atoms with E-state index in [-0.39, 0.29) is 5.56 Å². The van der Waals surface area contributed by atoms with E-state index in [1.807, 2.05) is 6.92 Å². The average molecular weight is 349 g/mol. The largest absolute Gasteiger partial charge is 0.494 e. The van der Waals surface area contributed by atoms with Crippen LogP contribution in [0.5, 0.6) is 5.75 Å². The van der Waals surface area contributed by atoms with Crippen LogP contribution in [0.4, 0.5) is 13.2 Å². The maximum Gasteiger partial charge on any atom is 0.434 e. The third-order valence-electron chi connectivity index (χ3n) is 2.89. The second-order valence-electron chi connectivity index (χ2n) is 6.12. The van der Waals surface area contributed by atoms with E-state index in [0.717, 1.165) is 6.42 Å². The summed E-state index contributed by atoms with van der Waals surface area (Å²) in [7, 11) is -2.00. The molecule has 0 aliphatic rings. The Bertz CT molecular complexity index is 604.